The molecule has 0 bridgehead atoms. The number of aliphatic hydroxyl groups is 1. The van der Waals surface area contributed by atoms with Crippen LogP contribution in [0.25, 0.3) is 0 Å². The van der Waals surface area contributed by atoms with Gasteiger partial charge in [0, 0.05) is 5.02 Å². The van der Waals surface area contributed by atoms with Crippen molar-refractivity contribution < 1.29 is 14.6 Å². The molecule has 134 valence electrons. The second-order valence-corrected chi connectivity index (χ2v) is 7.25. The summed E-state index contributed by atoms with van der Waals surface area (Å²) in [5, 5.41) is 16.1. The van der Waals surface area contributed by atoms with Crippen LogP contribution in [0.5, 0.6) is 0 Å². The molecule has 4 unspecified atom stereocenters. The first-order valence-electron chi connectivity index (χ1n) is 8.31. The first kappa shape index (κ1) is 17.9. The summed E-state index contributed by atoms with van der Waals surface area (Å²) in [6, 6.07) is 7.58. The van der Waals surface area contributed by atoms with E-state index in [2.05, 4.69) is 10.1 Å². The molecule has 1 N–H and O–H groups in total. The van der Waals surface area contributed by atoms with Crippen molar-refractivity contribution in [3.8, 4) is 0 Å². The molecule has 1 aliphatic rings. The molecule has 1 fully saturated rings. The van der Waals surface area contributed by atoms with Gasteiger partial charge in [-0.05, 0) is 42.4 Å². The Balaban J connectivity index is 1.87. The smallest absolute Gasteiger partial charge is 0.311 e. The van der Waals surface area contributed by atoms with Crippen LogP contribution in [0.15, 0.2) is 36.9 Å². The van der Waals surface area contributed by atoms with E-state index in [4.69, 9.17) is 16.3 Å². The summed E-state index contributed by atoms with van der Waals surface area (Å²) < 4.78 is 6.59. The lowest BCUT2D eigenvalue weighted by Gasteiger charge is -2.33. The van der Waals surface area contributed by atoms with Crippen molar-refractivity contribution in [1.29, 1.82) is 0 Å². The zero-order valence-corrected chi connectivity index (χ0v) is 15.1. The van der Waals surface area contributed by atoms with Crippen LogP contribution >= 0.6 is 11.6 Å². The first-order chi connectivity index (χ1) is 11.9. The van der Waals surface area contributed by atoms with Crippen LogP contribution in [0.3, 0.4) is 0 Å². The topological polar surface area (TPSA) is 77.2 Å². The molecular formula is C18H22ClN3O3. The van der Waals surface area contributed by atoms with Gasteiger partial charge in [0.1, 0.15) is 18.3 Å². The highest BCUT2D eigenvalue weighted by Gasteiger charge is 2.56. The van der Waals surface area contributed by atoms with Gasteiger partial charge in [0.2, 0.25) is 0 Å². The maximum atomic E-state index is 12.5. The summed E-state index contributed by atoms with van der Waals surface area (Å²) in [4.78, 5) is 16.4. The number of hydrogen-bond acceptors (Lipinski definition) is 5. The third-order valence-corrected chi connectivity index (χ3v) is 5.52. The average Bonchev–Trinajstić information content (AvgIpc) is 3.16. The van der Waals surface area contributed by atoms with Gasteiger partial charge in [0.15, 0.2) is 0 Å². The van der Waals surface area contributed by atoms with Gasteiger partial charge >= 0.3 is 5.97 Å². The van der Waals surface area contributed by atoms with Crippen molar-refractivity contribution in [3.05, 3.63) is 47.5 Å². The fourth-order valence-electron chi connectivity index (χ4n) is 3.98. The Labute approximate surface area is 151 Å². The molecule has 1 heterocycles. The van der Waals surface area contributed by atoms with Crippen LogP contribution in [0.1, 0.15) is 18.9 Å². The van der Waals surface area contributed by atoms with Crippen molar-refractivity contribution in [2.45, 2.75) is 31.9 Å². The monoisotopic (exact) mass is 363 g/mol. The summed E-state index contributed by atoms with van der Waals surface area (Å²) >= 11 is 5.95. The molecular weight excluding hydrogens is 342 g/mol. The van der Waals surface area contributed by atoms with Crippen molar-refractivity contribution in [1.82, 2.24) is 14.8 Å². The Morgan fingerprint density at radius 3 is 2.76 bits per heavy atom. The molecule has 3 rings (SSSR count). The number of rotatable bonds is 5. The highest BCUT2D eigenvalue weighted by Crippen LogP contribution is 2.47. The van der Waals surface area contributed by atoms with Gasteiger partial charge in [-0.1, -0.05) is 30.7 Å². The molecule has 1 aliphatic carbocycles. The van der Waals surface area contributed by atoms with Gasteiger partial charge < -0.3 is 9.84 Å². The number of hydrogen-bond donors (Lipinski definition) is 1. The maximum Gasteiger partial charge on any atom is 0.311 e. The van der Waals surface area contributed by atoms with E-state index in [1.165, 1.54) is 13.4 Å². The number of methoxy groups -OCH3 is 1. The molecule has 6 nitrogen and oxygen atoms in total. The molecule has 0 aliphatic heterocycles. The standard InChI is InChI=1S/C18H22ClN3O3/c1-12-7-14(8-13-3-5-15(19)6-4-13)16(17(23)25-2)18(12,24)9-22-11-20-10-21-22/h3-6,10-12,14,16,24H,7-9H2,1-2H3. The quantitative estimate of drug-likeness (QED) is 0.825. The molecule has 2 aromatic rings. The maximum absolute atomic E-state index is 12.5. The average molecular weight is 364 g/mol. The minimum Gasteiger partial charge on any atom is -0.469 e. The Bertz CT molecular complexity index is 720. The lowest BCUT2D eigenvalue weighted by molar-refractivity contribution is -0.159. The minimum absolute atomic E-state index is 0.0165. The Morgan fingerprint density at radius 1 is 1.44 bits per heavy atom. The van der Waals surface area contributed by atoms with Crippen molar-refractivity contribution in [2.75, 3.05) is 7.11 Å². The molecule has 0 radical (unpaired) electrons. The molecule has 4 atom stereocenters. The summed E-state index contributed by atoms with van der Waals surface area (Å²) in [5.41, 5.74) is -0.141. The van der Waals surface area contributed by atoms with Gasteiger partial charge in [0.05, 0.1) is 19.6 Å². The Morgan fingerprint density at radius 2 is 2.16 bits per heavy atom. The molecule has 0 spiro atoms. The number of aromatic nitrogens is 3. The van der Waals surface area contributed by atoms with Crippen LogP contribution in [0.4, 0.5) is 0 Å². The van der Waals surface area contributed by atoms with E-state index in [1.54, 1.807) is 11.0 Å². The van der Waals surface area contributed by atoms with E-state index in [-0.39, 0.29) is 24.3 Å². The first-order valence-corrected chi connectivity index (χ1v) is 8.69. The van der Waals surface area contributed by atoms with Gasteiger partial charge in [0.25, 0.3) is 0 Å². The van der Waals surface area contributed by atoms with E-state index in [9.17, 15) is 9.90 Å². The molecule has 7 heteroatoms. The van der Waals surface area contributed by atoms with E-state index in [0.29, 0.717) is 11.4 Å². The van der Waals surface area contributed by atoms with Crippen LogP contribution in [0, 0.1) is 17.8 Å². The van der Waals surface area contributed by atoms with E-state index in [1.807, 2.05) is 31.2 Å². The second kappa shape index (κ2) is 7.14. The predicted octanol–water partition coefficient (Wildman–Crippen LogP) is 2.35. The highest BCUT2D eigenvalue weighted by atomic mass is 35.5. The minimum atomic E-state index is -1.22. The number of halogens is 1. The number of carbonyl (C=O) groups is 1. The zero-order chi connectivity index (χ0) is 18.0. The number of nitrogens with zero attached hydrogens (tertiary/aromatic N) is 3. The Kier molecular flexibility index (Phi) is 5.11. The zero-order valence-electron chi connectivity index (χ0n) is 14.3. The van der Waals surface area contributed by atoms with Gasteiger partial charge in [-0.2, -0.15) is 5.10 Å². The molecule has 0 saturated heterocycles. The summed E-state index contributed by atoms with van der Waals surface area (Å²) in [6.45, 7) is 2.18. The normalized spacial score (nSPS) is 28.9. The van der Waals surface area contributed by atoms with E-state index in [0.717, 1.165) is 12.0 Å². The van der Waals surface area contributed by atoms with Crippen molar-refractivity contribution in [3.63, 3.8) is 0 Å². The predicted molar refractivity (Wildman–Crippen MR) is 92.9 cm³/mol. The summed E-state index contributed by atoms with van der Waals surface area (Å²) in [6.07, 6.45) is 4.38. The molecule has 0 amide bonds. The SMILES string of the molecule is COC(=O)C1C(Cc2ccc(Cl)cc2)CC(C)C1(O)Cn1cncn1. The number of esters is 1. The molecule has 1 aromatic heterocycles. The van der Waals surface area contributed by atoms with Gasteiger partial charge in [-0.15, -0.1) is 0 Å². The summed E-state index contributed by atoms with van der Waals surface area (Å²) in [5.74, 6) is -1.09. The molecule has 25 heavy (non-hydrogen) atoms. The van der Waals surface area contributed by atoms with Gasteiger partial charge in [-0.3, -0.25) is 9.48 Å². The second-order valence-electron chi connectivity index (χ2n) is 6.81. The number of carbonyl (C=O) groups excluding carboxylic acids is 1. The molecule has 1 aromatic carbocycles. The van der Waals surface area contributed by atoms with Gasteiger partial charge in [-0.25, -0.2) is 4.98 Å². The fraction of sp³-hybridized carbons (Fsp3) is 0.500. The van der Waals surface area contributed by atoms with E-state index < -0.39 is 11.5 Å². The lowest BCUT2D eigenvalue weighted by Crippen LogP contribution is -2.48. The van der Waals surface area contributed by atoms with Crippen LogP contribution in [-0.4, -0.2) is 38.6 Å². The van der Waals surface area contributed by atoms with Crippen LogP contribution in [-0.2, 0) is 22.5 Å². The lowest BCUT2D eigenvalue weighted by atomic mass is 9.81. The molecule has 1 saturated carbocycles. The highest BCUT2D eigenvalue weighted by molar-refractivity contribution is 6.30. The van der Waals surface area contributed by atoms with Crippen molar-refractivity contribution >= 4 is 17.6 Å². The third-order valence-electron chi connectivity index (χ3n) is 5.27. The largest absolute Gasteiger partial charge is 0.469 e. The van der Waals surface area contributed by atoms with Crippen LogP contribution in [0.2, 0.25) is 5.02 Å². The Hall–Kier alpha value is -1.92. The number of ether oxygens (including phenoxy) is 1. The van der Waals surface area contributed by atoms with Crippen LogP contribution < -0.4 is 0 Å². The third kappa shape index (κ3) is 3.55. The van der Waals surface area contributed by atoms with Crippen molar-refractivity contribution in [2.24, 2.45) is 17.8 Å². The summed E-state index contributed by atoms with van der Waals surface area (Å²) in [7, 11) is 1.36. The fourth-order valence-corrected chi connectivity index (χ4v) is 4.11. The van der Waals surface area contributed by atoms with E-state index >= 15 is 0 Å². The number of benzene rings is 1.